The van der Waals surface area contributed by atoms with E-state index >= 15 is 0 Å². The number of fused-ring (bicyclic) bond motifs is 1. The zero-order chi connectivity index (χ0) is 12.4. The first-order chi connectivity index (χ1) is 8.90. The van der Waals surface area contributed by atoms with Gasteiger partial charge in [-0.1, -0.05) is 36.4 Å². The van der Waals surface area contributed by atoms with Gasteiger partial charge in [-0.3, -0.25) is 4.90 Å². The van der Waals surface area contributed by atoms with Crippen LogP contribution in [-0.2, 0) is 4.74 Å². The highest BCUT2D eigenvalue weighted by Gasteiger charge is 2.41. The van der Waals surface area contributed by atoms with Gasteiger partial charge in [0.15, 0.2) is 0 Å². The molecule has 3 atom stereocenters. The van der Waals surface area contributed by atoms with E-state index in [0.29, 0.717) is 18.3 Å². The van der Waals surface area contributed by atoms with Crippen LogP contribution in [0.2, 0.25) is 0 Å². The molecule has 0 radical (unpaired) electrons. The monoisotopic (exact) mass is 243 g/mol. The summed E-state index contributed by atoms with van der Waals surface area (Å²) < 4.78 is 5.99. The molecular weight excluding hydrogens is 222 g/mol. The second kappa shape index (κ2) is 5.25. The highest BCUT2D eigenvalue weighted by molar-refractivity contribution is 5.20. The number of piperidine rings is 1. The van der Waals surface area contributed by atoms with Crippen LogP contribution in [0.1, 0.15) is 37.3 Å². The van der Waals surface area contributed by atoms with Crippen molar-refractivity contribution in [2.24, 2.45) is 0 Å². The largest absolute Gasteiger partial charge is 0.361 e. The molecule has 0 amide bonds. The van der Waals surface area contributed by atoms with Crippen LogP contribution in [-0.4, -0.2) is 23.8 Å². The molecule has 0 N–H and O–H groups in total. The molecule has 0 saturated carbocycles. The van der Waals surface area contributed by atoms with Crippen LogP contribution in [0.5, 0.6) is 0 Å². The summed E-state index contributed by atoms with van der Waals surface area (Å²) in [6, 6.07) is 11.8. The van der Waals surface area contributed by atoms with Gasteiger partial charge in [0.1, 0.15) is 6.23 Å². The summed E-state index contributed by atoms with van der Waals surface area (Å²) in [6.45, 7) is 4.73. The van der Waals surface area contributed by atoms with Crippen LogP contribution < -0.4 is 0 Å². The molecule has 0 aromatic heterocycles. The Morgan fingerprint density at radius 3 is 2.89 bits per heavy atom. The third-order valence-corrected chi connectivity index (χ3v) is 4.17. The number of benzene rings is 1. The summed E-state index contributed by atoms with van der Waals surface area (Å²) in [4.78, 5) is 2.58. The molecule has 1 aromatic carbocycles. The summed E-state index contributed by atoms with van der Waals surface area (Å²) >= 11 is 0. The van der Waals surface area contributed by atoms with Crippen LogP contribution in [0.15, 0.2) is 43.0 Å². The summed E-state index contributed by atoms with van der Waals surface area (Å²) in [5, 5.41) is 0. The van der Waals surface area contributed by atoms with E-state index in [-0.39, 0.29) is 0 Å². The van der Waals surface area contributed by atoms with Crippen molar-refractivity contribution in [3.05, 3.63) is 48.6 Å². The fraction of sp³-hybridized carbons (Fsp3) is 0.500. The van der Waals surface area contributed by atoms with Gasteiger partial charge < -0.3 is 4.74 Å². The molecule has 2 aliphatic rings. The van der Waals surface area contributed by atoms with Gasteiger partial charge in [0.25, 0.3) is 0 Å². The quantitative estimate of drug-likeness (QED) is 0.753. The van der Waals surface area contributed by atoms with Crippen molar-refractivity contribution in [1.82, 2.24) is 4.90 Å². The van der Waals surface area contributed by atoms with E-state index in [0.717, 1.165) is 13.0 Å². The average Bonchev–Trinajstić information content (AvgIpc) is 2.85. The predicted molar refractivity (Wildman–Crippen MR) is 73.2 cm³/mol. The molecule has 2 saturated heterocycles. The summed E-state index contributed by atoms with van der Waals surface area (Å²) in [7, 11) is 0. The first-order valence-corrected chi connectivity index (χ1v) is 6.95. The van der Waals surface area contributed by atoms with E-state index in [1.165, 1.54) is 24.8 Å². The topological polar surface area (TPSA) is 12.5 Å². The predicted octanol–water partition coefficient (Wildman–Crippen LogP) is 3.51. The lowest BCUT2D eigenvalue weighted by molar-refractivity contribution is -0.0252. The Morgan fingerprint density at radius 2 is 2.11 bits per heavy atom. The van der Waals surface area contributed by atoms with Crippen LogP contribution >= 0.6 is 0 Å². The zero-order valence-electron chi connectivity index (χ0n) is 10.8. The van der Waals surface area contributed by atoms with Crippen molar-refractivity contribution in [2.75, 3.05) is 6.61 Å². The molecule has 0 spiro atoms. The van der Waals surface area contributed by atoms with E-state index < -0.39 is 0 Å². The smallest absolute Gasteiger partial charge is 0.111 e. The van der Waals surface area contributed by atoms with Crippen molar-refractivity contribution >= 4 is 0 Å². The Balaban J connectivity index is 1.85. The molecule has 18 heavy (non-hydrogen) atoms. The summed E-state index contributed by atoms with van der Waals surface area (Å²) in [5.74, 6) is 0. The van der Waals surface area contributed by atoms with Gasteiger partial charge in [-0.2, -0.15) is 0 Å². The number of hydrogen-bond acceptors (Lipinski definition) is 2. The molecular formula is C16H21NO. The molecule has 2 heteroatoms. The third-order valence-electron chi connectivity index (χ3n) is 4.17. The Morgan fingerprint density at radius 1 is 1.28 bits per heavy atom. The first kappa shape index (κ1) is 11.9. The van der Waals surface area contributed by atoms with Gasteiger partial charge >= 0.3 is 0 Å². The molecule has 2 heterocycles. The average molecular weight is 243 g/mol. The molecule has 2 fully saturated rings. The van der Waals surface area contributed by atoms with E-state index in [4.69, 9.17) is 4.74 Å². The Kier molecular flexibility index (Phi) is 3.48. The molecule has 0 bridgehead atoms. The van der Waals surface area contributed by atoms with Crippen molar-refractivity contribution in [3.8, 4) is 0 Å². The fourth-order valence-corrected chi connectivity index (χ4v) is 3.35. The Bertz CT molecular complexity index is 403. The molecule has 3 rings (SSSR count). The molecule has 0 aliphatic carbocycles. The number of hydrogen-bond donors (Lipinski definition) is 0. The molecule has 96 valence electrons. The van der Waals surface area contributed by atoms with Gasteiger partial charge in [-0.25, -0.2) is 0 Å². The van der Waals surface area contributed by atoms with E-state index in [1.54, 1.807) is 0 Å². The molecule has 2 nitrogen and oxygen atoms in total. The van der Waals surface area contributed by atoms with Crippen LogP contribution in [0.4, 0.5) is 0 Å². The van der Waals surface area contributed by atoms with Crippen LogP contribution in [0, 0.1) is 0 Å². The Hall–Kier alpha value is -1.12. The third kappa shape index (κ3) is 2.11. The maximum atomic E-state index is 5.99. The molecule has 1 aromatic rings. The zero-order valence-corrected chi connectivity index (χ0v) is 10.8. The lowest BCUT2D eigenvalue weighted by Crippen LogP contribution is -2.44. The van der Waals surface area contributed by atoms with Gasteiger partial charge in [-0.05, 0) is 31.2 Å². The normalized spacial score (nSPS) is 32.1. The van der Waals surface area contributed by atoms with E-state index in [2.05, 4.69) is 41.8 Å². The lowest BCUT2D eigenvalue weighted by Gasteiger charge is -2.39. The van der Waals surface area contributed by atoms with Crippen molar-refractivity contribution < 1.29 is 4.74 Å². The minimum Gasteiger partial charge on any atom is -0.361 e. The highest BCUT2D eigenvalue weighted by atomic mass is 16.5. The summed E-state index contributed by atoms with van der Waals surface area (Å²) in [5.41, 5.74) is 1.39. The summed E-state index contributed by atoms with van der Waals surface area (Å²) in [6.07, 6.45) is 7.18. The highest BCUT2D eigenvalue weighted by Crippen LogP contribution is 2.39. The number of ether oxygens (including phenoxy) is 1. The van der Waals surface area contributed by atoms with Crippen molar-refractivity contribution in [1.29, 1.82) is 0 Å². The Labute approximate surface area is 109 Å². The minimum absolute atomic E-state index is 0.328. The first-order valence-electron chi connectivity index (χ1n) is 6.95. The van der Waals surface area contributed by atoms with Crippen LogP contribution in [0.25, 0.3) is 0 Å². The van der Waals surface area contributed by atoms with Gasteiger partial charge in [-0.15, -0.1) is 6.58 Å². The van der Waals surface area contributed by atoms with Crippen LogP contribution in [0.3, 0.4) is 0 Å². The SMILES string of the molecule is C=CCC1CCCC2OCC(c3ccccc3)N12. The van der Waals surface area contributed by atoms with E-state index in [9.17, 15) is 0 Å². The number of nitrogens with zero attached hydrogens (tertiary/aromatic N) is 1. The number of rotatable bonds is 3. The van der Waals surface area contributed by atoms with Crippen molar-refractivity contribution in [2.45, 2.75) is 44.0 Å². The van der Waals surface area contributed by atoms with Gasteiger partial charge in [0.2, 0.25) is 0 Å². The molecule has 2 aliphatic heterocycles. The second-order valence-corrected chi connectivity index (χ2v) is 5.27. The second-order valence-electron chi connectivity index (χ2n) is 5.27. The van der Waals surface area contributed by atoms with Crippen molar-refractivity contribution in [3.63, 3.8) is 0 Å². The maximum Gasteiger partial charge on any atom is 0.111 e. The maximum absolute atomic E-state index is 5.99. The van der Waals surface area contributed by atoms with Gasteiger partial charge in [0, 0.05) is 6.04 Å². The minimum atomic E-state index is 0.328. The van der Waals surface area contributed by atoms with Gasteiger partial charge in [0.05, 0.1) is 12.6 Å². The standard InChI is InChI=1S/C16H21NO/c1-2-7-14-10-6-11-16-17(14)15(12-18-16)13-8-4-3-5-9-13/h2-5,8-9,14-16H,1,6-7,10-12H2. The molecule has 3 unspecified atom stereocenters. The fourth-order valence-electron chi connectivity index (χ4n) is 3.35. The lowest BCUT2D eigenvalue weighted by atomic mass is 9.95. The van der Waals surface area contributed by atoms with E-state index in [1.807, 2.05) is 6.08 Å².